The van der Waals surface area contributed by atoms with E-state index >= 15 is 0 Å². The molecule has 0 aromatic carbocycles. The van der Waals surface area contributed by atoms with Gasteiger partial charge in [0.1, 0.15) is 0 Å². The van der Waals surface area contributed by atoms with Gasteiger partial charge in [-0.05, 0) is 13.8 Å². The van der Waals surface area contributed by atoms with E-state index < -0.39 is 30.5 Å². The van der Waals surface area contributed by atoms with Crippen LogP contribution < -0.4 is 0 Å². The zero-order valence-electron chi connectivity index (χ0n) is 10.9. The molecule has 0 aliphatic rings. The van der Waals surface area contributed by atoms with Crippen molar-refractivity contribution in [2.24, 2.45) is 5.92 Å². The molecule has 0 bridgehead atoms. The van der Waals surface area contributed by atoms with Crippen LogP contribution in [0, 0.1) is 12.8 Å². The molecule has 0 unspecified atom stereocenters. The lowest BCUT2D eigenvalue weighted by molar-refractivity contribution is -0.273. The van der Waals surface area contributed by atoms with Crippen LogP contribution in [0.1, 0.15) is 18.3 Å². The van der Waals surface area contributed by atoms with E-state index in [4.69, 9.17) is 11.6 Å². The molecular formula is C11H11ClF6N2O. The summed E-state index contributed by atoms with van der Waals surface area (Å²) in [6.07, 6.45) is -12.5. The molecule has 0 saturated carbocycles. The Labute approximate surface area is 120 Å². The minimum absolute atomic E-state index is 0.103. The van der Waals surface area contributed by atoms with Crippen molar-refractivity contribution in [3.8, 4) is 0 Å². The van der Waals surface area contributed by atoms with Gasteiger partial charge >= 0.3 is 12.4 Å². The molecule has 0 aliphatic carbocycles. The first-order valence-corrected chi connectivity index (χ1v) is 6.15. The molecule has 120 valence electrons. The first-order valence-electron chi connectivity index (χ1n) is 5.77. The Kier molecular flexibility index (Phi) is 4.97. The van der Waals surface area contributed by atoms with Gasteiger partial charge in [-0.3, -0.25) is 9.48 Å². The maximum absolute atomic E-state index is 12.5. The van der Waals surface area contributed by atoms with E-state index in [1.54, 1.807) is 6.92 Å². The second kappa shape index (κ2) is 5.86. The number of carbonyl (C=O) groups is 1. The highest BCUT2D eigenvalue weighted by Gasteiger charge is 2.60. The number of ketones is 1. The number of hydrogen-bond donors (Lipinski definition) is 0. The standard InChI is InChI=1S/C11H11ClF6N2O/c1-3-20-6(8(12)5(2)19-20)4-7(21)9(10(13,14)15)11(16,17)18/h9H,3-4H2,1-2H3. The zero-order valence-corrected chi connectivity index (χ0v) is 11.7. The average molecular weight is 337 g/mol. The van der Waals surface area contributed by atoms with Crippen molar-refractivity contribution in [3.63, 3.8) is 0 Å². The van der Waals surface area contributed by atoms with Gasteiger partial charge in [-0.25, -0.2) is 0 Å². The summed E-state index contributed by atoms with van der Waals surface area (Å²) >= 11 is 5.77. The predicted molar refractivity (Wildman–Crippen MR) is 62.0 cm³/mol. The number of hydrogen-bond acceptors (Lipinski definition) is 2. The van der Waals surface area contributed by atoms with Gasteiger partial charge in [-0.15, -0.1) is 0 Å². The van der Waals surface area contributed by atoms with Crippen LogP contribution in [-0.2, 0) is 17.8 Å². The summed E-state index contributed by atoms with van der Waals surface area (Å²) < 4.78 is 75.9. The fourth-order valence-corrected chi connectivity index (χ4v) is 2.06. The first-order chi connectivity index (χ1) is 9.39. The average Bonchev–Trinajstić information content (AvgIpc) is 2.52. The summed E-state index contributed by atoms with van der Waals surface area (Å²) in [5.41, 5.74) is 0.0806. The maximum atomic E-state index is 12.5. The molecule has 10 heteroatoms. The molecule has 1 aromatic rings. The van der Waals surface area contributed by atoms with Crippen molar-refractivity contribution in [3.05, 3.63) is 16.4 Å². The van der Waals surface area contributed by atoms with E-state index in [-0.39, 0.29) is 23.0 Å². The van der Waals surface area contributed by atoms with Crippen molar-refractivity contribution >= 4 is 17.4 Å². The monoisotopic (exact) mass is 336 g/mol. The lowest BCUT2D eigenvalue weighted by Crippen LogP contribution is -2.43. The van der Waals surface area contributed by atoms with Crippen LogP contribution in [0.2, 0.25) is 5.02 Å². The van der Waals surface area contributed by atoms with Gasteiger partial charge in [0.2, 0.25) is 5.92 Å². The smallest absolute Gasteiger partial charge is 0.298 e. The summed E-state index contributed by atoms with van der Waals surface area (Å²) in [6.45, 7) is 3.17. The van der Waals surface area contributed by atoms with Crippen LogP contribution in [0.5, 0.6) is 0 Å². The van der Waals surface area contributed by atoms with Crippen LogP contribution in [0.25, 0.3) is 0 Å². The fraction of sp³-hybridized carbons (Fsp3) is 0.636. The highest BCUT2D eigenvalue weighted by molar-refractivity contribution is 6.32. The van der Waals surface area contributed by atoms with Crippen molar-refractivity contribution < 1.29 is 31.1 Å². The number of aromatic nitrogens is 2. The van der Waals surface area contributed by atoms with Gasteiger partial charge in [-0.1, -0.05) is 11.6 Å². The van der Waals surface area contributed by atoms with Crippen LogP contribution >= 0.6 is 11.6 Å². The SMILES string of the molecule is CCn1nc(C)c(Cl)c1CC(=O)C(C(F)(F)F)C(F)(F)F. The molecule has 1 heterocycles. The quantitative estimate of drug-likeness (QED) is 0.786. The van der Waals surface area contributed by atoms with Gasteiger partial charge < -0.3 is 0 Å². The zero-order chi connectivity index (χ0) is 16.6. The summed E-state index contributed by atoms with van der Waals surface area (Å²) in [6, 6.07) is 0. The van der Waals surface area contributed by atoms with Gasteiger partial charge in [0.25, 0.3) is 0 Å². The topological polar surface area (TPSA) is 34.9 Å². The number of rotatable bonds is 4. The fourth-order valence-electron chi connectivity index (χ4n) is 1.86. The van der Waals surface area contributed by atoms with Gasteiger partial charge in [0.15, 0.2) is 5.78 Å². The van der Waals surface area contributed by atoms with E-state index in [2.05, 4.69) is 5.10 Å². The van der Waals surface area contributed by atoms with Crippen molar-refractivity contribution in [1.82, 2.24) is 9.78 Å². The van der Waals surface area contributed by atoms with Crippen LogP contribution in [-0.4, -0.2) is 27.9 Å². The molecule has 0 fully saturated rings. The normalized spacial score (nSPS) is 13.0. The first kappa shape index (κ1) is 17.8. The molecule has 3 nitrogen and oxygen atoms in total. The maximum Gasteiger partial charge on any atom is 0.407 e. The molecule has 21 heavy (non-hydrogen) atoms. The Balaban J connectivity index is 3.15. The van der Waals surface area contributed by atoms with E-state index in [0.29, 0.717) is 0 Å². The summed E-state index contributed by atoms with van der Waals surface area (Å²) in [5.74, 6) is -6.03. The molecule has 0 aliphatic heterocycles. The molecule has 0 spiro atoms. The Morgan fingerprint density at radius 1 is 1.24 bits per heavy atom. The number of halogens is 7. The largest absolute Gasteiger partial charge is 0.407 e. The van der Waals surface area contributed by atoms with E-state index in [1.165, 1.54) is 6.92 Å². The number of nitrogens with zero attached hydrogens (tertiary/aromatic N) is 2. The molecule has 0 atom stereocenters. The van der Waals surface area contributed by atoms with Gasteiger partial charge in [-0.2, -0.15) is 31.4 Å². The third kappa shape index (κ3) is 3.90. The van der Waals surface area contributed by atoms with E-state index in [1.807, 2.05) is 0 Å². The highest BCUT2D eigenvalue weighted by Crippen LogP contribution is 2.40. The lowest BCUT2D eigenvalue weighted by Gasteiger charge is -2.21. The van der Waals surface area contributed by atoms with Gasteiger partial charge in [0.05, 0.1) is 22.8 Å². The summed E-state index contributed by atoms with van der Waals surface area (Å²) in [4.78, 5) is 11.5. The molecule has 0 radical (unpaired) electrons. The van der Waals surface area contributed by atoms with E-state index in [9.17, 15) is 31.1 Å². The third-order valence-electron chi connectivity index (χ3n) is 2.77. The van der Waals surface area contributed by atoms with E-state index in [0.717, 1.165) is 4.68 Å². The predicted octanol–water partition coefficient (Wildman–Crippen LogP) is 3.72. The van der Waals surface area contributed by atoms with Crippen molar-refractivity contribution in [2.45, 2.75) is 39.2 Å². The summed E-state index contributed by atoms with van der Waals surface area (Å²) in [5, 5.41) is 3.73. The second-order valence-electron chi connectivity index (χ2n) is 4.32. The second-order valence-corrected chi connectivity index (χ2v) is 4.70. The molecule has 0 saturated heterocycles. The molecule has 1 aromatic heterocycles. The molecule has 0 amide bonds. The minimum Gasteiger partial charge on any atom is -0.298 e. The Morgan fingerprint density at radius 3 is 2.10 bits per heavy atom. The summed E-state index contributed by atoms with van der Waals surface area (Å²) in [7, 11) is 0. The number of aryl methyl sites for hydroxylation is 2. The Morgan fingerprint density at radius 2 is 1.71 bits per heavy atom. The Hall–Kier alpha value is -1.25. The highest BCUT2D eigenvalue weighted by atomic mass is 35.5. The number of carbonyl (C=O) groups excluding carboxylic acids is 1. The van der Waals surface area contributed by atoms with Crippen molar-refractivity contribution in [1.29, 1.82) is 0 Å². The van der Waals surface area contributed by atoms with Crippen LogP contribution in [0.3, 0.4) is 0 Å². The van der Waals surface area contributed by atoms with Crippen LogP contribution in [0.15, 0.2) is 0 Å². The number of Topliss-reactive ketones (excluding diaryl/α,β-unsaturated/α-hetero) is 1. The Bertz CT molecular complexity index is 520. The van der Waals surface area contributed by atoms with Crippen LogP contribution in [0.4, 0.5) is 26.3 Å². The third-order valence-corrected chi connectivity index (χ3v) is 3.26. The molecule has 1 rings (SSSR count). The molecule has 0 N–H and O–H groups in total. The van der Waals surface area contributed by atoms with Crippen molar-refractivity contribution in [2.75, 3.05) is 0 Å². The minimum atomic E-state index is -5.70. The number of alkyl halides is 6. The lowest BCUT2D eigenvalue weighted by atomic mass is 9.99. The van der Waals surface area contributed by atoms with Gasteiger partial charge in [0, 0.05) is 6.54 Å². The molecular weight excluding hydrogens is 326 g/mol.